The van der Waals surface area contributed by atoms with Crippen LogP contribution >= 0.6 is 0 Å². The van der Waals surface area contributed by atoms with Crippen molar-refractivity contribution in [2.75, 3.05) is 32.6 Å². The predicted octanol–water partition coefficient (Wildman–Crippen LogP) is 3.71. The van der Waals surface area contributed by atoms with Gasteiger partial charge in [-0.2, -0.15) is 0 Å². The molecule has 1 aromatic carbocycles. The fraction of sp³-hybridized carbons (Fsp3) is 0.636. The lowest BCUT2D eigenvalue weighted by Crippen LogP contribution is -2.43. The molecule has 1 aliphatic heterocycles. The number of benzene rings is 1. The van der Waals surface area contributed by atoms with Gasteiger partial charge in [0.1, 0.15) is 11.5 Å². The number of nitrogens with one attached hydrogen (secondary N) is 1. The monoisotopic (exact) mass is 388 g/mol. The molecule has 1 heterocycles. The van der Waals surface area contributed by atoms with Gasteiger partial charge in [0, 0.05) is 31.0 Å². The predicted molar refractivity (Wildman–Crippen MR) is 109 cm³/mol. The van der Waals surface area contributed by atoms with Gasteiger partial charge in [0.2, 0.25) is 11.8 Å². The van der Waals surface area contributed by atoms with Gasteiger partial charge in [0.25, 0.3) is 0 Å². The van der Waals surface area contributed by atoms with Crippen molar-refractivity contribution in [1.29, 1.82) is 0 Å². The zero-order valence-electron chi connectivity index (χ0n) is 17.2. The number of methoxy groups -OCH3 is 2. The summed E-state index contributed by atoms with van der Waals surface area (Å²) in [6.07, 6.45) is 5.39. The topological polar surface area (TPSA) is 67.9 Å². The summed E-state index contributed by atoms with van der Waals surface area (Å²) >= 11 is 0. The Hall–Kier alpha value is -2.24. The Balaban J connectivity index is 1.55. The Kier molecular flexibility index (Phi) is 6.81. The normalized spacial score (nSPS) is 25.1. The highest BCUT2D eigenvalue weighted by Crippen LogP contribution is 2.34. The molecule has 0 bridgehead atoms. The maximum Gasteiger partial charge on any atom is 0.227 e. The van der Waals surface area contributed by atoms with Crippen LogP contribution in [-0.4, -0.2) is 44.0 Å². The molecule has 0 spiro atoms. The number of nitrogens with zero attached hydrogens (tertiary/aromatic N) is 1. The number of rotatable bonds is 5. The standard InChI is InChI=1S/C22H32N2O4/c1-15-5-4-12-24(14-15)22(26)17-8-6-16(7-9-17)21(25)23-19-13-18(27-2)10-11-20(19)28-3/h10-11,13,15-17H,4-9,12,14H2,1-3H3,(H,23,25). The molecule has 1 saturated heterocycles. The highest BCUT2D eigenvalue weighted by molar-refractivity contribution is 5.94. The molecule has 1 atom stereocenters. The Bertz CT molecular complexity index is 698. The summed E-state index contributed by atoms with van der Waals surface area (Å²) in [4.78, 5) is 27.6. The second-order valence-corrected chi connectivity index (χ2v) is 8.14. The Morgan fingerprint density at radius 1 is 1.04 bits per heavy atom. The Morgan fingerprint density at radius 3 is 2.39 bits per heavy atom. The summed E-state index contributed by atoms with van der Waals surface area (Å²) in [5.74, 6) is 2.15. The van der Waals surface area contributed by atoms with E-state index in [1.165, 1.54) is 6.42 Å². The van der Waals surface area contributed by atoms with E-state index in [0.29, 0.717) is 29.0 Å². The SMILES string of the molecule is COc1ccc(OC)c(NC(=O)C2CCC(C(=O)N3CCCC(C)C3)CC2)c1. The van der Waals surface area contributed by atoms with Crippen molar-refractivity contribution >= 4 is 17.5 Å². The first-order chi connectivity index (χ1) is 13.5. The third kappa shape index (κ3) is 4.78. The highest BCUT2D eigenvalue weighted by Gasteiger charge is 2.33. The number of carbonyl (C=O) groups is 2. The number of hydrogen-bond donors (Lipinski definition) is 1. The Morgan fingerprint density at radius 2 is 1.75 bits per heavy atom. The average molecular weight is 389 g/mol. The van der Waals surface area contributed by atoms with Crippen LogP contribution in [0.1, 0.15) is 45.4 Å². The minimum Gasteiger partial charge on any atom is -0.497 e. The van der Waals surface area contributed by atoms with Crippen LogP contribution in [0, 0.1) is 17.8 Å². The van der Waals surface area contributed by atoms with Crippen LogP contribution in [0.3, 0.4) is 0 Å². The molecule has 6 nitrogen and oxygen atoms in total. The van der Waals surface area contributed by atoms with Crippen LogP contribution in [0.2, 0.25) is 0 Å². The molecule has 28 heavy (non-hydrogen) atoms. The lowest BCUT2D eigenvalue weighted by atomic mass is 9.80. The van der Waals surface area contributed by atoms with Crippen molar-refractivity contribution in [3.8, 4) is 11.5 Å². The van der Waals surface area contributed by atoms with Crippen molar-refractivity contribution in [2.45, 2.75) is 45.4 Å². The van der Waals surface area contributed by atoms with E-state index < -0.39 is 0 Å². The van der Waals surface area contributed by atoms with E-state index in [9.17, 15) is 9.59 Å². The third-order valence-corrected chi connectivity index (χ3v) is 6.08. The van der Waals surface area contributed by atoms with E-state index >= 15 is 0 Å². The number of carbonyl (C=O) groups excluding carboxylic acids is 2. The number of piperidine rings is 1. The molecule has 2 aliphatic rings. The van der Waals surface area contributed by atoms with E-state index in [-0.39, 0.29) is 17.7 Å². The van der Waals surface area contributed by atoms with Gasteiger partial charge in [-0.1, -0.05) is 6.92 Å². The van der Waals surface area contributed by atoms with Crippen LogP contribution < -0.4 is 14.8 Å². The Labute approximate surface area is 167 Å². The second-order valence-electron chi connectivity index (χ2n) is 8.14. The van der Waals surface area contributed by atoms with Gasteiger partial charge in [0.15, 0.2) is 0 Å². The fourth-order valence-corrected chi connectivity index (χ4v) is 4.40. The fourth-order valence-electron chi connectivity index (χ4n) is 4.40. The van der Waals surface area contributed by atoms with Crippen LogP contribution in [0.25, 0.3) is 0 Å². The molecule has 2 fully saturated rings. The minimum atomic E-state index is -0.0692. The van der Waals surface area contributed by atoms with Gasteiger partial charge < -0.3 is 19.7 Å². The zero-order valence-corrected chi connectivity index (χ0v) is 17.2. The summed E-state index contributed by atoms with van der Waals surface area (Å²) in [5.41, 5.74) is 0.618. The smallest absolute Gasteiger partial charge is 0.227 e. The molecule has 1 N–H and O–H groups in total. The zero-order chi connectivity index (χ0) is 20.1. The molecule has 2 amide bonds. The maximum atomic E-state index is 12.8. The van der Waals surface area contributed by atoms with E-state index in [4.69, 9.17) is 9.47 Å². The van der Waals surface area contributed by atoms with Crippen molar-refractivity contribution in [2.24, 2.45) is 17.8 Å². The van der Waals surface area contributed by atoms with Gasteiger partial charge >= 0.3 is 0 Å². The van der Waals surface area contributed by atoms with Crippen molar-refractivity contribution in [1.82, 2.24) is 4.90 Å². The molecule has 1 saturated carbocycles. The first kappa shape index (κ1) is 20.5. The summed E-state index contributed by atoms with van der Waals surface area (Å²) in [7, 11) is 3.17. The lowest BCUT2D eigenvalue weighted by molar-refractivity contribution is -0.139. The first-order valence-corrected chi connectivity index (χ1v) is 10.3. The summed E-state index contributed by atoms with van der Waals surface area (Å²) < 4.78 is 10.6. The van der Waals surface area contributed by atoms with Crippen LogP contribution in [0.15, 0.2) is 18.2 Å². The molecule has 154 valence electrons. The minimum absolute atomic E-state index is 0.0101. The summed E-state index contributed by atoms with van der Waals surface area (Å²) in [6.45, 7) is 3.99. The van der Waals surface area contributed by atoms with Gasteiger partial charge in [-0.05, 0) is 56.6 Å². The lowest BCUT2D eigenvalue weighted by Gasteiger charge is -2.35. The van der Waals surface area contributed by atoms with Crippen molar-refractivity contribution in [3.05, 3.63) is 18.2 Å². The first-order valence-electron chi connectivity index (χ1n) is 10.3. The van der Waals surface area contributed by atoms with Crippen LogP contribution in [0.4, 0.5) is 5.69 Å². The largest absolute Gasteiger partial charge is 0.497 e. The molecule has 6 heteroatoms. The summed E-state index contributed by atoms with van der Waals surface area (Å²) in [5, 5.41) is 2.98. The number of likely N-dealkylation sites (tertiary alicyclic amines) is 1. The van der Waals surface area contributed by atoms with Gasteiger partial charge in [-0.25, -0.2) is 0 Å². The number of anilines is 1. The molecule has 0 aromatic heterocycles. The highest BCUT2D eigenvalue weighted by atomic mass is 16.5. The van der Waals surface area contributed by atoms with Crippen LogP contribution in [-0.2, 0) is 9.59 Å². The quantitative estimate of drug-likeness (QED) is 0.835. The second kappa shape index (κ2) is 9.30. The maximum absolute atomic E-state index is 12.8. The molecular formula is C22H32N2O4. The van der Waals surface area contributed by atoms with Crippen molar-refractivity contribution in [3.63, 3.8) is 0 Å². The average Bonchev–Trinajstić information content (AvgIpc) is 2.73. The van der Waals surface area contributed by atoms with Crippen molar-refractivity contribution < 1.29 is 19.1 Å². The molecular weight excluding hydrogens is 356 g/mol. The summed E-state index contributed by atoms with van der Waals surface area (Å²) in [6, 6.07) is 5.35. The number of amides is 2. The van der Waals surface area contributed by atoms with E-state index in [0.717, 1.165) is 45.2 Å². The molecule has 1 aromatic rings. The van der Waals surface area contributed by atoms with E-state index in [1.807, 2.05) is 4.90 Å². The number of hydrogen-bond acceptors (Lipinski definition) is 4. The molecule has 1 unspecified atom stereocenters. The molecule has 3 rings (SSSR count). The van der Waals surface area contributed by atoms with Crippen LogP contribution in [0.5, 0.6) is 11.5 Å². The van der Waals surface area contributed by atoms with E-state index in [1.54, 1.807) is 32.4 Å². The van der Waals surface area contributed by atoms with Gasteiger partial charge in [-0.3, -0.25) is 9.59 Å². The van der Waals surface area contributed by atoms with E-state index in [2.05, 4.69) is 12.2 Å². The third-order valence-electron chi connectivity index (χ3n) is 6.08. The number of ether oxygens (including phenoxy) is 2. The molecule has 1 aliphatic carbocycles. The van der Waals surface area contributed by atoms with Gasteiger partial charge in [0.05, 0.1) is 19.9 Å². The molecule has 0 radical (unpaired) electrons. The van der Waals surface area contributed by atoms with Gasteiger partial charge in [-0.15, -0.1) is 0 Å².